The number of nitrogens with zero attached hydrogens (tertiary/aromatic N) is 2. The molecule has 0 amide bonds. The molecule has 0 bridgehead atoms. The van der Waals surface area contributed by atoms with Crippen LogP contribution < -0.4 is 11.4 Å². The minimum atomic E-state index is -3.79. The van der Waals surface area contributed by atoms with Crippen LogP contribution >= 0.6 is 22.6 Å². The van der Waals surface area contributed by atoms with Gasteiger partial charge in [0.25, 0.3) is 5.85 Å². The molecular formula is C14H19FIN3O9. The molecule has 0 radical (unpaired) electrons. The normalized spacial score (nSPS) is 44.7. The van der Waals surface area contributed by atoms with Crippen LogP contribution in [0.25, 0.3) is 0 Å². The van der Waals surface area contributed by atoms with Crippen molar-refractivity contribution in [3.63, 3.8) is 0 Å². The van der Waals surface area contributed by atoms with Gasteiger partial charge in [-0.25, -0.2) is 9.18 Å². The summed E-state index contributed by atoms with van der Waals surface area (Å²) in [6, 6.07) is 1.06. The van der Waals surface area contributed by atoms with E-state index in [9.17, 15) is 35.4 Å². The fourth-order valence-corrected chi connectivity index (χ4v) is 4.12. The maximum atomic E-state index is 15.5. The van der Waals surface area contributed by atoms with Crippen molar-refractivity contribution in [2.75, 3.05) is 12.3 Å². The van der Waals surface area contributed by atoms with E-state index in [4.69, 9.17) is 15.2 Å². The second-order valence-electron chi connectivity index (χ2n) is 6.53. The monoisotopic (exact) mass is 519 g/mol. The van der Waals surface area contributed by atoms with Gasteiger partial charge in [0.2, 0.25) is 5.72 Å². The van der Waals surface area contributed by atoms with Gasteiger partial charge < -0.3 is 45.8 Å². The molecule has 1 aromatic rings. The lowest BCUT2D eigenvalue weighted by Gasteiger charge is -2.41. The molecule has 0 saturated carbocycles. The number of nitrogens with two attached hydrogens (primary N) is 1. The smallest absolute Gasteiger partial charge is 0.352 e. The number of rotatable bonds is 4. The third-order valence-corrected chi connectivity index (χ3v) is 5.61. The standard InChI is InChI=1S/C14H19FIN3O9/c15-13(26)9(23)4(3-20)28-14(13,19-2-1-5(17)18-12(19)25)10-7(22)6(21)8(27-10)11(16)24/h1-2,4,6-11,20-24,26H,3H2,(H2,17,18,25)/t4-,6+,7+,8+,9-,10?,11?,13-,14-/m1/s1. The minimum absolute atomic E-state index is 0.246. The van der Waals surface area contributed by atoms with E-state index in [1.54, 1.807) is 0 Å². The summed E-state index contributed by atoms with van der Waals surface area (Å²) in [7, 11) is 0. The Hall–Kier alpha value is -0.980. The molecule has 9 atom stereocenters. The summed E-state index contributed by atoms with van der Waals surface area (Å²) < 4.78 is 25.3. The van der Waals surface area contributed by atoms with Crippen molar-refractivity contribution in [2.45, 2.75) is 52.3 Å². The van der Waals surface area contributed by atoms with Crippen LogP contribution in [-0.4, -0.2) is 93.4 Å². The summed E-state index contributed by atoms with van der Waals surface area (Å²) in [4.78, 5) is 15.8. The summed E-state index contributed by atoms with van der Waals surface area (Å²) in [6.45, 7) is -0.962. The maximum Gasteiger partial charge on any atom is 0.352 e. The molecule has 2 aliphatic rings. The topological polar surface area (TPSA) is 201 Å². The number of hydrogen-bond donors (Lipinski definition) is 7. The Bertz CT molecular complexity index is 796. The van der Waals surface area contributed by atoms with Crippen LogP contribution in [0.3, 0.4) is 0 Å². The lowest BCUT2D eigenvalue weighted by Crippen LogP contribution is -2.66. The van der Waals surface area contributed by atoms with Crippen molar-refractivity contribution in [1.29, 1.82) is 0 Å². The third-order valence-electron chi connectivity index (χ3n) is 4.90. The molecular weight excluding hydrogens is 500 g/mol. The van der Waals surface area contributed by atoms with Crippen LogP contribution in [0, 0.1) is 0 Å². The van der Waals surface area contributed by atoms with Crippen molar-refractivity contribution < 1.29 is 44.5 Å². The summed E-state index contributed by atoms with van der Waals surface area (Å²) in [6.07, 6.45) is -10.4. The average Bonchev–Trinajstić information content (AvgIpc) is 3.02. The van der Waals surface area contributed by atoms with E-state index >= 15 is 4.39 Å². The average molecular weight is 519 g/mol. The van der Waals surface area contributed by atoms with Gasteiger partial charge in [0.05, 0.1) is 6.61 Å². The molecule has 8 N–H and O–H groups in total. The van der Waals surface area contributed by atoms with Gasteiger partial charge in [-0.05, 0) is 28.7 Å². The molecule has 28 heavy (non-hydrogen) atoms. The molecule has 0 aromatic carbocycles. The van der Waals surface area contributed by atoms with Crippen LogP contribution in [0.15, 0.2) is 17.1 Å². The van der Waals surface area contributed by atoms with E-state index in [1.165, 1.54) is 22.6 Å². The first-order valence-electron chi connectivity index (χ1n) is 8.06. The third kappa shape index (κ3) is 2.94. The Morgan fingerprint density at radius 1 is 1.39 bits per heavy atom. The van der Waals surface area contributed by atoms with Crippen LogP contribution in [0.5, 0.6) is 0 Å². The van der Waals surface area contributed by atoms with E-state index in [2.05, 4.69) is 4.98 Å². The Kier molecular flexibility index (Phi) is 5.72. The first-order valence-corrected chi connectivity index (χ1v) is 9.31. The quantitative estimate of drug-likeness (QED) is 0.152. The van der Waals surface area contributed by atoms with Gasteiger partial charge in [-0.2, -0.15) is 4.98 Å². The number of aliphatic hydroxyl groups is 6. The van der Waals surface area contributed by atoms with Gasteiger partial charge in [-0.1, -0.05) is 0 Å². The van der Waals surface area contributed by atoms with Gasteiger partial charge in [-0.3, -0.25) is 4.57 Å². The Labute approximate surface area is 170 Å². The number of ether oxygens (including phenoxy) is 2. The van der Waals surface area contributed by atoms with Crippen LogP contribution in [-0.2, 0) is 15.2 Å². The summed E-state index contributed by atoms with van der Waals surface area (Å²) in [5.41, 5.74) is 1.21. The van der Waals surface area contributed by atoms with Crippen molar-refractivity contribution in [3.05, 3.63) is 22.7 Å². The highest BCUT2D eigenvalue weighted by molar-refractivity contribution is 14.1. The van der Waals surface area contributed by atoms with E-state index < -0.39 is 64.6 Å². The fraction of sp³-hybridized carbons (Fsp3) is 0.714. The number of aliphatic hydroxyl groups excluding tert-OH is 5. The molecule has 2 fully saturated rings. The Balaban J connectivity index is 2.24. The highest BCUT2D eigenvalue weighted by atomic mass is 127. The summed E-state index contributed by atoms with van der Waals surface area (Å²) >= 11 is 1.47. The van der Waals surface area contributed by atoms with Gasteiger partial charge in [0.15, 0.2) is 0 Å². The molecule has 2 saturated heterocycles. The van der Waals surface area contributed by atoms with Crippen molar-refractivity contribution >= 4 is 28.4 Å². The summed E-state index contributed by atoms with van der Waals surface area (Å²) in [5, 5.41) is 60.3. The number of nitrogen functional groups attached to an aromatic ring is 1. The lowest BCUT2D eigenvalue weighted by molar-refractivity contribution is -0.309. The van der Waals surface area contributed by atoms with E-state index in [-0.39, 0.29) is 5.82 Å². The Morgan fingerprint density at radius 3 is 2.50 bits per heavy atom. The van der Waals surface area contributed by atoms with Crippen molar-refractivity contribution in [1.82, 2.24) is 9.55 Å². The molecule has 14 heteroatoms. The predicted molar refractivity (Wildman–Crippen MR) is 95.6 cm³/mol. The highest BCUT2D eigenvalue weighted by Gasteiger charge is 2.75. The number of aromatic nitrogens is 2. The van der Waals surface area contributed by atoms with Gasteiger partial charge >= 0.3 is 5.69 Å². The highest BCUT2D eigenvalue weighted by Crippen LogP contribution is 2.50. The van der Waals surface area contributed by atoms with E-state index in [0.717, 1.165) is 12.3 Å². The SMILES string of the molecule is Nc1ccn([C@]2(C3O[C@H](C(O)I)[C@@H](O)[C@@H]3O)O[C@H](CO)[C@@H](O)[C@]2(O)F)c(=O)n1. The van der Waals surface area contributed by atoms with E-state index in [1.807, 2.05) is 0 Å². The van der Waals surface area contributed by atoms with Gasteiger partial charge in [0, 0.05) is 6.20 Å². The number of hydrogen-bond acceptors (Lipinski definition) is 11. The zero-order valence-electron chi connectivity index (χ0n) is 14.0. The zero-order valence-corrected chi connectivity index (χ0v) is 16.2. The molecule has 1 aromatic heterocycles. The minimum Gasteiger partial charge on any atom is -0.394 e. The molecule has 3 heterocycles. The molecule has 12 nitrogen and oxygen atoms in total. The number of anilines is 1. The van der Waals surface area contributed by atoms with Crippen LogP contribution in [0.4, 0.5) is 10.2 Å². The molecule has 0 spiro atoms. The Morgan fingerprint density at radius 2 is 2.04 bits per heavy atom. The van der Waals surface area contributed by atoms with Crippen molar-refractivity contribution in [2.24, 2.45) is 0 Å². The first kappa shape index (κ1) is 21.7. The molecule has 2 unspecified atom stereocenters. The molecule has 3 rings (SSSR count). The van der Waals surface area contributed by atoms with Crippen LogP contribution in [0.1, 0.15) is 0 Å². The fourth-order valence-electron chi connectivity index (χ4n) is 3.53. The second-order valence-corrected chi connectivity index (χ2v) is 7.81. The van der Waals surface area contributed by atoms with Crippen molar-refractivity contribution in [3.8, 4) is 0 Å². The maximum absolute atomic E-state index is 15.5. The predicted octanol–water partition coefficient (Wildman–Crippen LogP) is -3.87. The van der Waals surface area contributed by atoms with Gasteiger partial charge in [-0.15, -0.1) is 0 Å². The first-order chi connectivity index (χ1) is 13.0. The van der Waals surface area contributed by atoms with Gasteiger partial charge in [0.1, 0.15) is 46.6 Å². The van der Waals surface area contributed by atoms with Crippen LogP contribution in [0.2, 0.25) is 0 Å². The largest absolute Gasteiger partial charge is 0.394 e. The van der Waals surface area contributed by atoms with E-state index in [0.29, 0.717) is 4.57 Å². The molecule has 2 aliphatic heterocycles. The number of alkyl halides is 2. The summed E-state index contributed by atoms with van der Waals surface area (Å²) in [5.74, 6) is -4.04. The zero-order chi connectivity index (χ0) is 21.0. The second kappa shape index (κ2) is 7.37. The lowest BCUT2D eigenvalue weighted by atomic mass is 9.90. The number of halogens is 2. The molecule has 0 aliphatic carbocycles. The molecule has 158 valence electrons.